The van der Waals surface area contributed by atoms with Crippen LogP contribution in [0.3, 0.4) is 0 Å². The zero-order valence-electron chi connectivity index (χ0n) is 12.0. The van der Waals surface area contributed by atoms with Crippen LogP contribution in [0.25, 0.3) is 0 Å². The third-order valence-corrected chi connectivity index (χ3v) is 3.39. The number of nitrogens with zero attached hydrogens (tertiary/aromatic N) is 2. The Morgan fingerprint density at radius 1 is 1.35 bits per heavy atom. The number of amides is 1. The van der Waals surface area contributed by atoms with E-state index in [0.717, 1.165) is 10.2 Å². The van der Waals surface area contributed by atoms with Gasteiger partial charge in [0.15, 0.2) is 0 Å². The maximum Gasteiger partial charge on any atom is 0.274 e. The summed E-state index contributed by atoms with van der Waals surface area (Å²) in [4.78, 5) is 12.3. The van der Waals surface area contributed by atoms with Crippen LogP contribution in [0.15, 0.2) is 27.3 Å². The maximum atomic E-state index is 12.3. The van der Waals surface area contributed by atoms with Crippen molar-refractivity contribution < 1.29 is 9.32 Å². The molecule has 1 amide bonds. The molecule has 0 bridgehead atoms. The molecule has 2 heterocycles. The van der Waals surface area contributed by atoms with Gasteiger partial charge in [0.1, 0.15) is 5.69 Å². The summed E-state index contributed by atoms with van der Waals surface area (Å²) < 4.78 is 7.90. The molecule has 2 rings (SSSR count). The van der Waals surface area contributed by atoms with Crippen LogP contribution < -0.4 is 5.32 Å². The molecule has 0 aliphatic carbocycles. The lowest BCUT2D eigenvalue weighted by Crippen LogP contribution is -2.17. The average molecular weight is 340 g/mol. The van der Waals surface area contributed by atoms with Gasteiger partial charge >= 0.3 is 0 Å². The summed E-state index contributed by atoms with van der Waals surface area (Å²) in [7, 11) is 0. The minimum absolute atomic E-state index is 0.197. The number of aromatic nitrogens is 2. The van der Waals surface area contributed by atoms with Crippen LogP contribution in [-0.4, -0.2) is 15.6 Å². The Morgan fingerprint density at radius 2 is 2.05 bits per heavy atom. The summed E-state index contributed by atoms with van der Waals surface area (Å²) in [6, 6.07) is 3.73. The molecule has 0 aromatic carbocycles. The highest BCUT2D eigenvalue weighted by Crippen LogP contribution is 2.22. The first-order valence-electron chi connectivity index (χ1n) is 6.53. The number of carbonyl (C=O) groups is 1. The molecule has 0 fully saturated rings. The van der Waals surface area contributed by atoms with Crippen LogP contribution in [-0.2, 0) is 0 Å². The fourth-order valence-electron chi connectivity index (χ4n) is 1.85. The van der Waals surface area contributed by atoms with Gasteiger partial charge in [-0.1, -0.05) is 19.0 Å². The second kappa shape index (κ2) is 5.83. The maximum absolute atomic E-state index is 12.3. The highest BCUT2D eigenvalue weighted by molar-refractivity contribution is 9.10. The molecule has 0 aliphatic heterocycles. The van der Waals surface area contributed by atoms with Gasteiger partial charge in [0.05, 0.1) is 5.69 Å². The normalized spacial score (nSPS) is 11.3. The van der Waals surface area contributed by atoms with Gasteiger partial charge in [-0.15, -0.1) is 0 Å². The minimum atomic E-state index is -0.212. The molecule has 0 spiro atoms. The highest BCUT2D eigenvalue weighted by Gasteiger charge is 2.17. The second-order valence-corrected chi connectivity index (χ2v) is 6.19. The van der Waals surface area contributed by atoms with E-state index < -0.39 is 0 Å². The molecule has 0 saturated carbocycles. The Bertz CT molecular complexity index is 614. The molecular formula is C14H18BrN3O2. The van der Waals surface area contributed by atoms with Crippen molar-refractivity contribution in [2.75, 3.05) is 5.32 Å². The van der Waals surface area contributed by atoms with E-state index in [9.17, 15) is 4.79 Å². The van der Waals surface area contributed by atoms with Crippen molar-refractivity contribution in [2.45, 2.75) is 39.7 Å². The van der Waals surface area contributed by atoms with Crippen molar-refractivity contribution in [3.63, 3.8) is 0 Å². The quantitative estimate of drug-likeness (QED) is 0.908. The number of carbonyl (C=O) groups excluding carboxylic acids is 1. The first-order chi connectivity index (χ1) is 9.38. The van der Waals surface area contributed by atoms with Gasteiger partial charge < -0.3 is 9.09 Å². The Morgan fingerprint density at radius 3 is 2.60 bits per heavy atom. The van der Waals surface area contributed by atoms with E-state index in [4.69, 9.17) is 4.52 Å². The van der Waals surface area contributed by atoms with E-state index >= 15 is 0 Å². The van der Waals surface area contributed by atoms with Crippen molar-refractivity contribution in [3.8, 4) is 0 Å². The van der Waals surface area contributed by atoms with Crippen molar-refractivity contribution in [1.29, 1.82) is 0 Å². The Hall–Kier alpha value is -1.56. The molecule has 0 atom stereocenters. The van der Waals surface area contributed by atoms with Crippen LogP contribution in [0.5, 0.6) is 0 Å². The van der Waals surface area contributed by atoms with Gasteiger partial charge in [-0.05, 0) is 41.8 Å². The standard InChI is InChI=1S/C14H18BrN3O2/c1-8(2)11-6-13(20-17-11)16-14(19)12-5-10(15)7-18(12)9(3)4/h5-9H,1-4H3,(H,16,19). The van der Waals surface area contributed by atoms with E-state index in [-0.39, 0.29) is 17.9 Å². The molecule has 20 heavy (non-hydrogen) atoms. The topological polar surface area (TPSA) is 60.1 Å². The van der Waals surface area contributed by atoms with Crippen molar-refractivity contribution >= 4 is 27.7 Å². The predicted octanol–water partition coefficient (Wildman–Crippen LogP) is 4.20. The lowest BCUT2D eigenvalue weighted by molar-refractivity contribution is 0.101. The molecule has 0 aliphatic rings. The summed E-state index contributed by atoms with van der Waals surface area (Å²) in [5.74, 6) is 0.417. The number of hydrogen-bond donors (Lipinski definition) is 1. The summed E-state index contributed by atoms with van der Waals surface area (Å²) in [5, 5.41) is 6.65. The lowest BCUT2D eigenvalue weighted by Gasteiger charge is -2.11. The highest BCUT2D eigenvalue weighted by atomic mass is 79.9. The third kappa shape index (κ3) is 3.12. The number of rotatable bonds is 4. The monoisotopic (exact) mass is 339 g/mol. The van der Waals surface area contributed by atoms with E-state index in [0.29, 0.717) is 11.6 Å². The largest absolute Gasteiger partial charge is 0.340 e. The van der Waals surface area contributed by atoms with Gasteiger partial charge in [0, 0.05) is 22.8 Å². The fraction of sp³-hybridized carbons (Fsp3) is 0.429. The molecule has 0 unspecified atom stereocenters. The summed E-state index contributed by atoms with van der Waals surface area (Å²) in [5.41, 5.74) is 1.40. The first-order valence-corrected chi connectivity index (χ1v) is 7.33. The van der Waals surface area contributed by atoms with E-state index in [1.54, 1.807) is 12.1 Å². The van der Waals surface area contributed by atoms with Crippen molar-refractivity contribution in [3.05, 3.63) is 34.2 Å². The van der Waals surface area contributed by atoms with Crippen molar-refractivity contribution in [1.82, 2.24) is 9.72 Å². The first kappa shape index (κ1) is 14.8. The minimum Gasteiger partial charge on any atom is -0.340 e. The second-order valence-electron chi connectivity index (χ2n) is 5.27. The zero-order chi connectivity index (χ0) is 14.9. The molecule has 2 aromatic heterocycles. The number of halogens is 1. The van der Waals surface area contributed by atoms with Gasteiger partial charge in [0.25, 0.3) is 5.91 Å². The van der Waals surface area contributed by atoms with Gasteiger partial charge in [-0.25, -0.2) is 0 Å². The molecular weight excluding hydrogens is 322 g/mol. The SMILES string of the molecule is CC(C)c1cc(NC(=O)c2cc(Br)cn2C(C)C)on1. The van der Waals surface area contributed by atoms with Gasteiger partial charge in [0.2, 0.25) is 5.88 Å². The van der Waals surface area contributed by atoms with Crippen LogP contribution >= 0.6 is 15.9 Å². The molecule has 0 radical (unpaired) electrons. The van der Waals surface area contributed by atoms with Gasteiger partial charge in [-0.2, -0.15) is 0 Å². The summed E-state index contributed by atoms with van der Waals surface area (Å²) in [6.07, 6.45) is 1.89. The van der Waals surface area contributed by atoms with E-state index in [2.05, 4.69) is 26.4 Å². The number of nitrogens with one attached hydrogen (secondary N) is 1. The molecule has 2 aromatic rings. The van der Waals surface area contributed by atoms with E-state index in [1.165, 1.54) is 0 Å². The summed E-state index contributed by atoms with van der Waals surface area (Å²) >= 11 is 3.39. The average Bonchev–Trinajstić information content (AvgIpc) is 2.95. The van der Waals surface area contributed by atoms with Crippen LogP contribution in [0.2, 0.25) is 0 Å². The molecule has 6 heteroatoms. The number of hydrogen-bond acceptors (Lipinski definition) is 3. The predicted molar refractivity (Wildman–Crippen MR) is 81.1 cm³/mol. The third-order valence-electron chi connectivity index (χ3n) is 2.96. The van der Waals surface area contributed by atoms with Crippen molar-refractivity contribution in [2.24, 2.45) is 0 Å². The smallest absolute Gasteiger partial charge is 0.274 e. The Labute approximate surface area is 126 Å². The molecule has 1 N–H and O–H groups in total. The lowest BCUT2D eigenvalue weighted by atomic mass is 10.1. The van der Waals surface area contributed by atoms with Gasteiger partial charge in [-0.3, -0.25) is 10.1 Å². The Kier molecular flexibility index (Phi) is 4.32. The fourth-order valence-corrected chi connectivity index (χ4v) is 2.29. The number of anilines is 1. The Balaban J connectivity index is 2.19. The van der Waals surface area contributed by atoms with Crippen LogP contribution in [0.4, 0.5) is 5.88 Å². The van der Waals surface area contributed by atoms with Crippen LogP contribution in [0.1, 0.15) is 55.8 Å². The molecule has 108 valence electrons. The van der Waals surface area contributed by atoms with Crippen LogP contribution in [0, 0.1) is 0 Å². The molecule has 0 saturated heterocycles. The molecule has 5 nitrogen and oxygen atoms in total. The zero-order valence-corrected chi connectivity index (χ0v) is 13.6. The summed E-state index contributed by atoms with van der Waals surface area (Å²) in [6.45, 7) is 8.08. The van der Waals surface area contributed by atoms with E-state index in [1.807, 2.05) is 38.5 Å².